The molecule has 0 spiro atoms. The summed E-state index contributed by atoms with van der Waals surface area (Å²) >= 11 is 6.70. The zero-order valence-corrected chi connectivity index (χ0v) is 11.2. The van der Waals surface area contributed by atoms with Gasteiger partial charge in [-0.2, -0.15) is 0 Å². The van der Waals surface area contributed by atoms with Crippen LogP contribution in [-0.4, -0.2) is 55.9 Å². The fourth-order valence-corrected chi connectivity index (χ4v) is 5.70. The summed E-state index contributed by atoms with van der Waals surface area (Å²) in [6, 6.07) is 0. The summed E-state index contributed by atoms with van der Waals surface area (Å²) in [5, 5.41) is 0. The van der Waals surface area contributed by atoms with Crippen LogP contribution in [0.3, 0.4) is 0 Å². The molecule has 1 aliphatic rings. The van der Waals surface area contributed by atoms with Crippen LogP contribution in [0.15, 0.2) is 12.2 Å². The molecule has 2 unspecified atom stereocenters. The second-order valence-corrected chi connectivity index (χ2v) is 6.91. The third-order valence-corrected chi connectivity index (χ3v) is 5.29. The van der Waals surface area contributed by atoms with E-state index in [1.54, 1.807) is 0 Å². The second-order valence-electron chi connectivity index (χ2n) is 2.40. The van der Waals surface area contributed by atoms with Crippen LogP contribution >= 0.6 is 0 Å². The molecular formula is C8H10Se3. The topological polar surface area (TPSA) is 0 Å². The Morgan fingerprint density at radius 2 is 1.55 bits per heavy atom. The van der Waals surface area contributed by atoms with Gasteiger partial charge in [-0.15, -0.1) is 0 Å². The summed E-state index contributed by atoms with van der Waals surface area (Å²) in [7, 11) is 0. The van der Waals surface area contributed by atoms with Crippen molar-refractivity contribution in [2.24, 2.45) is 0 Å². The summed E-state index contributed by atoms with van der Waals surface area (Å²) in [5.41, 5.74) is 0. The normalized spacial score (nSPS) is 28.7. The van der Waals surface area contributed by atoms with E-state index in [9.17, 15) is 0 Å². The molecule has 0 saturated heterocycles. The Kier molecular flexibility index (Phi) is 5.19. The Morgan fingerprint density at radius 3 is 1.91 bits per heavy atom. The molecule has 0 fully saturated rings. The first kappa shape index (κ1) is 10.1. The molecule has 0 saturated carbocycles. The van der Waals surface area contributed by atoms with E-state index in [4.69, 9.17) is 0 Å². The zero-order valence-electron chi connectivity index (χ0n) is 6.10. The van der Waals surface area contributed by atoms with Gasteiger partial charge in [-0.3, -0.25) is 0 Å². The van der Waals surface area contributed by atoms with E-state index < -0.39 is 0 Å². The molecule has 0 aromatic heterocycles. The first-order valence-electron chi connectivity index (χ1n) is 3.58. The Morgan fingerprint density at radius 1 is 1.09 bits per heavy atom. The predicted octanol–water partition coefficient (Wildman–Crippen LogP) is 0.559. The van der Waals surface area contributed by atoms with Crippen LogP contribution in [0.1, 0.15) is 12.8 Å². The number of rotatable bonds is 4. The van der Waals surface area contributed by atoms with Crippen LogP contribution in [-0.2, 0) is 0 Å². The SMILES string of the molecule is [Se]=CCC1C=CC(CC=[Se])[Se]1. The summed E-state index contributed by atoms with van der Waals surface area (Å²) in [5.74, 6) is 0. The molecule has 3 heteroatoms. The van der Waals surface area contributed by atoms with E-state index in [0.717, 1.165) is 24.6 Å². The van der Waals surface area contributed by atoms with E-state index in [2.05, 4.69) is 53.1 Å². The average molecular weight is 343 g/mol. The van der Waals surface area contributed by atoms with Crippen molar-refractivity contribution in [2.45, 2.75) is 22.5 Å². The molecule has 60 valence electrons. The standard InChI is InChI=1S/C8H10Se3/c9-5-3-7-1-2-8(11-7)4-6-10/h1-2,5-8H,3-4H2. The summed E-state index contributed by atoms with van der Waals surface area (Å²) in [6.45, 7) is 0. The number of hydrogen-bond donors (Lipinski definition) is 0. The van der Waals surface area contributed by atoms with E-state index in [1.807, 2.05) is 0 Å². The molecule has 0 aliphatic carbocycles. The fraction of sp³-hybridized carbons (Fsp3) is 0.500. The molecule has 0 nitrogen and oxygen atoms in total. The van der Waals surface area contributed by atoms with Gasteiger partial charge in [0.25, 0.3) is 0 Å². The van der Waals surface area contributed by atoms with Crippen molar-refractivity contribution in [3.05, 3.63) is 12.2 Å². The molecule has 0 bridgehead atoms. The van der Waals surface area contributed by atoms with Gasteiger partial charge in [0.15, 0.2) is 0 Å². The maximum absolute atomic E-state index is 2.95. The molecule has 0 aromatic rings. The first-order chi connectivity index (χ1) is 5.36. The molecule has 0 radical (unpaired) electrons. The van der Waals surface area contributed by atoms with Gasteiger partial charge in [0, 0.05) is 0 Å². The average Bonchev–Trinajstić information content (AvgIpc) is 2.38. The fourth-order valence-electron chi connectivity index (χ4n) is 1.02. The minimum absolute atomic E-state index is 0.792. The minimum atomic E-state index is 0.792. The third-order valence-electron chi connectivity index (χ3n) is 1.55. The summed E-state index contributed by atoms with van der Waals surface area (Å²) in [6.07, 6.45) is 7.20. The van der Waals surface area contributed by atoms with Crippen molar-refractivity contribution >= 4 is 55.9 Å². The molecule has 0 amide bonds. The van der Waals surface area contributed by atoms with Crippen LogP contribution in [0.5, 0.6) is 0 Å². The van der Waals surface area contributed by atoms with Crippen molar-refractivity contribution in [1.82, 2.24) is 0 Å². The zero-order chi connectivity index (χ0) is 8.10. The third kappa shape index (κ3) is 3.51. The van der Waals surface area contributed by atoms with E-state index >= 15 is 0 Å². The molecular weight excluding hydrogens is 333 g/mol. The van der Waals surface area contributed by atoms with Gasteiger partial charge >= 0.3 is 90.6 Å². The van der Waals surface area contributed by atoms with Crippen molar-refractivity contribution in [3.8, 4) is 0 Å². The summed E-state index contributed by atoms with van der Waals surface area (Å²) < 4.78 is 0. The Hall–Kier alpha value is 1.04. The van der Waals surface area contributed by atoms with E-state index in [0.29, 0.717) is 0 Å². The van der Waals surface area contributed by atoms with Crippen molar-refractivity contribution in [1.29, 1.82) is 0 Å². The second kappa shape index (κ2) is 5.64. The quantitative estimate of drug-likeness (QED) is 0.517. The summed E-state index contributed by atoms with van der Waals surface area (Å²) in [4.78, 5) is 6.02. The van der Waals surface area contributed by atoms with Crippen molar-refractivity contribution in [2.75, 3.05) is 0 Å². The van der Waals surface area contributed by atoms with Crippen LogP contribution in [0, 0.1) is 0 Å². The van der Waals surface area contributed by atoms with Gasteiger partial charge in [-0.1, -0.05) is 0 Å². The maximum atomic E-state index is 2.95. The number of hydrogen-bond acceptors (Lipinski definition) is 0. The van der Waals surface area contributed by atoms with E-state index in [1.165, 1.54) is 12.8 Å². The van der Waals surface area contributed by atoms with Gasteiger partial charge in [0.1, 0.15) is 0 Å². The van der Waals surface area contributed by atoms with Gasteiger partial charge in [-0.25, -0.2) is 0 Å². The Labute approximate surface area is 90.1 Å². The van der Waals surface area contributed by atoms with Crippen LogP contribution in [0.25, 0.3) is 0 Å². The van der Waals surface area contributed by atoms with Gasteiger partial charge in [0.05, 0.1) is 0 Å². The van der Waals surface area contributed by atoms with Crippen LogP contribution in [0.4, 0.5) is 0 Å². The van der Waals surface area contributed by atoms with E-state index in [-0.39, 0.29) is 0 Å². The van der Waals surface area contributed by atoms with Gasteiger partial charge in [0.2, 0.25) is 0 Å². The van der Waals surface area contributed by atoms with Crippen molar-refractivity contribution in [3.63, 3.8) is 0 Å². The van der Waals surface area contributed by atoms with Crippen LogP contribution in [0.2, 0.25) is 9.63 Å². The Balaban J connectivity index is 2.30. The first-order valence-corrected chi connectivity index (χ1v) is 7.53. The van der Waals surface area contributed by atoms with Gasteiger partial charge < -0.3 is 0 Å². The van der Waals surface area contributed by atoms with Crippen LogP contribution < -0.4 is 0 Å². The molecule has 1 rings (SSSR count). The predicted molar refractivity (Wildman–Crippen MR) is 55.3 cm³/mol. The Bertz CT molecular complexity index is 156. The molecule has 2 atom stereocenters. The molecule has 0 aromatic carbocycles. The molecule has 0 N–H and O–H groups in total. The molecule has 1 aliphatic heterocycles. The molecule has 1 heterocycles. The molecule has 11 heavy (non-hydrogen) atoms. The van der Waals surface area contributed by atoms with Gasteiger partial charge in [-0.05, 0) is 0 Å². The monoisotopic (exact) mass is 346 g/mol. The number of allylic oxidation sites excluding steroid dienone is 2. The van der Waals surface area contributed by atoms with Crippen molar-refractivity contribution < 1.29 is 0 Å².